The molecule has 0 atom stereocenters. The van der Waals surface area contributed by atoms with Crippen LogP contribution in [-0.2, 0) is 0 Å². The first-order valence-electron chi connectivity index (χ1n) is 7.83. The highest BCUT2D eigenvalue weighted by molar-refractivity contribution is 6.03. The number of fused-ring (bicyclic) bond motifs is 2. The number of benzene rings is 3. The molecule has 1 heterocycles. The standard InChI is InChI=1S/C20H15N3O2/c24-19-10-14-6-2-1-5-13(14)9-17(19)20(25)23-22-12-15-11-21-18-8-4-3-7-16(15)18/h1-12,21,24H,(H,23,25)/b22-12-. The van der Waals surface area contributed by atoms with E-state index in [9.17, 15) is 9.90 Å². The van der Waals surface area contributed by atoms with Gasteiger partial charge in [0.05, 0.1) is 11.8 Å². The number of carbonyl (C=O) groups excluding carboxylic acids is 1. The van der Waals surface area contributed by atoms with Crippen LogP contribution >= 0.6 is 0 Å². The second-order valence-electron chi connectivity index (χ2n) is 5.71. The Labute approximate surface area is 143 Å². The molecule has 3 N–H and O–H groups in total. The zero-order valence-electron chi connectivity index (χ0n) is 13.2. The van der Waals surface area contributed by atoms with Crippen LogP contribution < -0.4 is 5.43 Å². The first-order valence-corrected chi connectivity index (χ1v) is 7.83. The first-order chi connectivity index (χ1) is 12.2. The quantitative estimate of drug-likeness (QED) is 0.395. The van der Waals surface area contributed by atoms with E-state index in [0.717, 1.165) is 27.2 Å². The van der Waals surface area contributed by atoms with Gasteiger partial charge in [-0.1, -0.05) is 42.5 Å². The Balaban J connectivity index is 1.57. The van der Waals surface area contributed by atoms with Crippen molar-refractivity contribution in [1.82, 2.24) is 10.4 Å². The molecule has 122 valence electrons. The summed E-state index contributed by atoms with van der Waals surface area (Å²) in [5.41, 5.74) is 4.53. The Morgan fingerprint density at radius 2 is 1.76 bits per heavy atom. The number of phenolic OH excluding ortho intramolecular Hbond substituents is 1. The second kappa shape index (κ2) is 6.13. The van der Waals surface area contributed by atoms with Crippen LogP contribution in [-0.4, -0.2) is 22.2 Å². The minimum Gasteiger partial charge on any atom is -0.507 e. The third-order valence-electron chi connectivity index (χ3n) is 4.10. The number of hydrogen-bond acceptors (Lipinski definition) is 3. The van der Waals surface area contributed by atoms with Gasteiger partial charge in [0.2, 0.25) is 0 Å². The zero-order valence-corrected chi connectivity index (χ0v) is 13.2. The molecule has 0 unspecified atom stereocenters. The number of H-pyrrole nitrogens is 1. The molecule has 4 aromatic rings. The fourth-order valence-corrected chi connectivity index (χ4v) is 2.83. The van der Waals surface area contributed by atoms with Crippen LogP contribution in [0.2, 0.25) is 0 Å². The molecular weight excluding hydrogens is 314 g/mol. The van der Waals surface area contributed by atoms with Gasteiger partial charge >= 0.3 is 0 Å². The molecule has 0 aliphatic carbocycles. The fraction of sp³-hybridized carbons (Fsp3) is 0. The van der Waals surface area contributed by atoms with Gasteiger partial charge in [-0.2, -0.15) is 5.10 Å². The van der Waals surface area contributed by atoms with Gasteiger partial charge < -0.3 is 10.1 Å². The normalized spacial score (nSPS) is 11.4. The number of aromatic amines is 1. The highest BCUT2D eigenvalue weighted by Crippen LogP contribution is 2.24. The van der Waals surface area contributed by atoms with E-state index in [0.29, 0.717) is 0 Å². The SMILES string of the molecule is O=C(N/N=C\c1c[nH]c2ccccc12)c1cc2ccccc2cc1O. The topological polar surface area (TPSA) is 77.5 Å². The van der Waals surface area contributed by atoms with Crippen LogP contribution in [0.5, 0.6) is 5.75 Å². The van der Waals surface area contributed by atoms with E-state index in [1.807, 2.05) is 54.7 Å². The van der Waals surface area contributed by atoms with Gasteiger partial charge in [0.1, 0.15) is 5.75 Å². The molecule has 0 bridgehead atoms. The van der Waals surface area contributed by atoms with Crippen LogP contribution in [0.15, 0.2) is 72.0 Å². The van der Waals surface area contributed by atoms with Crippen molar-refractivity contribution in [3.05, 3.63) is 78.0 Å². The number of nitrogens with zero attached hydrogens (tertiary/aromatic N) is 1. The Morgan fingerprint density at radius 1 is 1.04 bits per heavy atom. The van der Waals surface area contributed by atoms with E-state index in [2.05, 4.69) is 15.5 Å². The summed E-state index contributed by atoms with van der Waals surface area (Å²) in [6.07, 6.45) is 3.41. The lowest BCUT2D eigenvalue weighted by atomic mass is 10.1. The molecule has 25 heavy (non-hydrogen) atoms. The lowest BCUT2D eigenvalue weighted by molar-refractivity contribution is 0.0952. The summed E-state index contributed by atoms with van der Waals surface area (Å²) in [5, 5.41) is 16.9. The number of aromatic hydroxyl groups is 1. The van der Waals surface area contributed by atoms with Crippen molar-refractivity contribution < 1.29 is 9.90 Å². The van der Waals surface area contributed by atoms with Crippen LogP contribution in [0, 0.1) is 0 Å². The molecule has 4 rings (SSSR count). The number of para-hydroxylation sites is 1. The number of phenols is 1. The Bertz CT molecular complexity index is 1110. The van der Waals surface area contributed by atoms with Gasteiger partial charge in [-0.05, 0) is 29.0 Å². The van der Waals surface area contributed by atoms with Crippen LogP contribution in [0.25, 0.3) is 21.7 Å². The number of amides is 1. The van der Waals surface area contributed by atoms with E-state index in [1.165, 1.54) is 0 Å². The largest absolute Gasteiger partial charge is 0.507 e. The molecule has 1 aromatic heterocycles. The molecule has 5 nitrogen and oxygen atoms in total. The number of nitrogens with one attached hydrogen (secondary N) is 2. The van der Waals surface area contributed by atoms with Gasteiger partial charge in [-0.25, -0.2) is 5.43 Å². The minimum absolute atomic E-state index is 0.0708. The van der Waals surface area contributed by atoms with Crippen molar-refractivity contribution in [2.24, 2.45) is 5.10 Å². The molecule has 0 saturated heterocycles. The second-order valence-corrected chi connectivity index (χ2v) is 5.71. The lowest BCUT2D eigenvalue weighted by Crippen LogP contribution is -2.17. The van der Waals surface area contributed by atoms with Gasteiger partial charge in [0, 0.05) is 22.7 Å². The number of hydrazone groups is 1. The average Bonchev–Trinajstić information content (AvgIpc) is 3.04. The van der Waals surface area contributed by atoms with Crippen molar-refractivity contribution in [2.75, 3.05) is 0 Å². The van der Waals surface area contributed by atoms with E-state index >= 15 is 0 Å². The summed E-state index contributed by atoms with van der Waals surface area (Å²) in [4.78, 5) is 15.5. The molecular formula is C20H15N3O2. The van der Waals surface area contributed by atoms with Crippen molar-refractivity contribution in [1.29, 1.82) is 0 Å². The van der Waals surface area contributed by atoms with Crippen molar-refractivity contribution in [2.45, 2.75) is 0 Å². The Morgan fingerprint density at radius 3 is 2.60 bits per heavy atom. The van der Waals surface area contributed by atoms with Gasteiger partial charge in [-0.3, -0.25) is 4.79 Å². The molecule has 0 aliphatic rings. The molecule has 0 saturated carbocycles. The summed E-state index contributed by atoms with van der Waals surface area (Å²) < 4.78 is 0. The van der Waals surface area contributed by atoms with E-state index in [-0.39, 0.29) is 11.3 Å². The number of aromatic nitrogens is 1. The average molecular weight is 329 g/mol. The lowest BCUT2D eigenvalue weighted by Gasteiger charge is -2.05. The molecule has 1 amide bonds. The molecule has 0 aliphatic heterocycles. The maximum Gasteiger partial charge on any atom is 0.275 e. The van der Waals surface area contributed by atoms with Crippen molar-refractivity contribution in [3.63, 3.8) is 0 Å². The summed E-state index contributed by atoms with van der Waals surface area (Å²) in [6.45, 7) is 0. The fourth-order valence-electron chi connectivity index (χ4n) is 2.83. The van der Waals surface area contributed by atoms with E-state index in [1.54, 1.807) is 18.3 Å². The summed E-state index contributed by atoms with van der Waals surface area (Å²) in [7, 11) is 0. The number of rotatable bonds is 3. The summed E-state index contributed by atoms with van der Waals surface area (Å²) in [6, 6.07) is 18.6. The highest BCUT2D eigenvalue weighted by Gasteiger charge is 2.11. The Kier molecular flexibility index (Phi) is 3.67. The van der Waals surface area contributed by atoms with Crippen molar-refractivity contribution in [3.8, 4) is 5.75 Å². The third-order valence-corrected chi connectivity index (χ3v) is 4.10. The number of hydrogen-bond donors (Lipinski definition) is 3. The van der Waals surface area contributed by atoms with Gasteiger partial charge in [0.15, 0.2) is 0 Å². The predicted octanol–water partition coefficient (Wildman–Crippen LogP) is 3.79. The number of carbonyl (C=O) groups is 1. The molecule has 3 aromatic carbocycles. The van der Waals surface area contributed by atoms with E-state index in [4.69, 9.17) is 0 Å². The van der Waals surface area contributed by atoms with Crippen molar-refractivity contribution >= 4 is 33.8 Å². The maximum absolute atomic E-state index is 12.3. The smallest absolute Gasteiger partial charge is 0.275 e. The zero-order chi connectivity index (χ0) is 17.2. The predicted molar refractivity (Wildman–Crippen MR) is 99.0 cm³/mol. The summed E-state index contributed by atoms with van der Waals surface area (Å²) >= 11 is 0. The highest BCUT2D eigenvalue weighted by atomic mass is 16.3. The summed E-state index contributed by atoms with van der Waals surface area (Å²) in [5.74, 6) is -0.530. The molecule has 0 fully saturated rings. The first kappa shape index (κ1) is 15.0. The van der Waals surface area contributed by atoms with Gasteiger partial charge in [-0.15, -0.1) is 0 Å². The third kappa shape index (κ3) is 2.83. The van der Waals surface area contributed by atoms with E-state index < -0.39 is 5.91 Å². The maximum atomic E-state index is 12.3. The molecule has 5 heteroatoms. The van der Waals surface area contributed by atoms with Crippen LogP contribution in [0.1, 0.15) is 15.9 Å². The minimum atomic E-state index is -0.459. The molecule has 0 radical (unpaired) electrons. The van der Waals surface area contributed by atoms with Gasteiger partial charge in [0.25, 0.3) is 5.91 Å². The molecule has 0 spiro atoms. The Hall–Kier alpha value is -3.60. The van der Waals surface area contributed by atoms with Crippen LogP contribution in [0.4, 0.5) is 0 Å². The van der Waals surface area contributed by atoms with Crippen LogP contribution in [0.3, 0.4) is 0 Å². The monoisotopic (exact) mass is 329 g/mol.